The standard InChI is InChI=1S/C20H20ClN5OS/c1-13-4-6-15(7-5-13)14(2)22-23-18(27)12-28-20-25-24-19(26(20)3)16-8-10-17(21)11-9-16/h4-11H,12H2,1-3H3,(H,23,27)/b22-14-. The second-order valence-corrected chi connectivity index (χ2v) is 7.64. The van der Waals surface area contributed by atoms with E-state index in [1.54, 1.807) is 12.1 Å². The molecule has 1 amide bonds. The number of aromatic nitrogens is 3. The summed E-state index contributed by atoms with van der Waals surface area (Å²) < 4.78 is 1.85. The fraction of sp³-hybridized carbons (Fsp3) is 0.200. The van der Waals surface area contributed by atoms with Crippen molar-refractivity contribution in [1.29, 1.82) is 0 Å². The van der Waals surface area contributed by atoms with Gasteiger partial charge in [0.25, 0.3) is 5.91 Å². The largest absolute Gasteiger partial charge is 0.305 e. The summed E-state index contributed by atoms with van der Waals surface area (Å²) in [7, 11) is 1.86. The highest BCUT2D eigenvalue weighted by molar-refractivity contribution is 7.99. The van der Waals surface area contributed by atoms with E-state index < -0.39 is 0 Å². The van der Waals surface area contributed by atoms with Crippen LogP contribution in [0.2, 0.25) is 5.02 Å². The molecule has 0 radical (unpaired) electrons. The fourth-order valence-corrected chi connectivity index (χ4v) is 3.29. The first kappa shape index (κ1) is 20.1. The number of hydrazone groups is 1. The molecule has 6 nitrogen and oxygen atoms in total. The summed E-state index contributed by atoms with van der Waals surface area (Å²) in [5, 5.41) is 13.9. The van der Waals surface area contributed by atoms with E-state index >= 15 is 0 Å². The molecular weight excluding hydrogens is 394 g/mol. The zero-order chi connectivity index (χ0) is 20.1. The number of carbonyl (C=O) groups excluding carboxylic acids is 1. The number of hydrogen-bond donors (Lipinski definition) is 1. The molecule has 0 saturated carbocycles. The van der Waals surface area contributed by atoms with Crippen LogP contribution in [0.1, 0.15) is 18.1 Å². The summed E-state index contributed by atoms with van der Waals surface area (Å²) in [4.78, 5) is 12.1. The van der Waals surface area contributed by atoms with Gasteiger partial charge < -0.3 is 4.57 Å². The monoisotopic (exact) mass is 413 g/mol. The van der Waals surface area contributed by atoms with Gasteiger partial charge in [-0.15, -0.1) is 10.2 Å². The van der Waals surface area contributed by atoms with Gasteiger partial charge in [-0.2, -0.15) is 5.10 Å². The predicted octanol–water partition coefficient (Wildman–Crippen LogP) is 4.08. The van der Waals surface area contributed by atoms with Gasteiger partial charge in [0.1, 0.15) is 0 Å². The van der Waals surface area contributed by atoms with Crippen molar-refractivity contribution < 1.29 is 4.79 Å². The van der Waals surface area contributed by atoms with Crippen LogP contribution in [0.3, 0.4) is 0 Å². The number of amides is 1. The predicted molar refractivity (Wildman–Crippen MR) is 114 cm³/mol. The number of benzene rings is 2. The van der Waals surface area contributed by atoms with Crippen LogP contribution in [0.5, 0.6) is 0 Å². The number of nitrogens with one attached hydrogen (secondary N) is 1. The summed E-state index contributed by atoms with van der Waals surface area (Å²) >= 11 is 7.23. The van der Waals surface area contributed by atoms with E-state index in [0.717, 1.165) is 16.8 Å². The number of nitrogens with zero attached hydrogens (tertiary/aromatic N) is 4. The highest BCUT2D eigenvalue weighted by Crippen LogP contribution is 2.23. The molecule has 0 atom stereocenters. The second-order valence-electron chi connectivity index (χ2n) is 6.26. The molecule has 3 rings (SSSR count). The minimum atomic E-state index is -0.201. The zero-order valence-corrected chi connectivity index (χ0v) is 17.4. The van der Waals surface area contributed by atoms with E-state index in [9.17, 15) is 4.79 Å². The van der Waals surface area contributed by atoms with Gasteiger partial charge in [0.05, 0.1) is 11.5 Å². The molecule has 1 N–H and O–H groups in total. The molecule has 0 fully saturated rings. The maximum Gasteiger partial charge on any atom is 0.250 e. The van der Waals surface area contributed by atoms with Gasteiger partial charge >= 0.3 is 0 Å². The number of hydrogen-bond acceptors (Lipinski definition) is 5. The quantitative estimate of drug-likeness (QED) is 0.375. The maximum absolute atomic E-state index is 12.1. The van der Waals surface area contributed by atoms with Crippen LogP contribution < -0.4 is 5.43 Å². The highest BCUT2D eigenvalue weighted by atomic mass is 35.5. The molecule has 0 spiro atoms. The van der Waals surface area contributed by atoms with Crippen LogP contribution in [-0.2, 0) is 11.8 Å². The lowest BCUT2D eigenvalue weighted by molar-refractivity contribution is -0.118. The molecule has 0 saturated heterocycles. The van der Waals surface area contributed by atoms with Gasteiger partial charge in [0.2, 0.25) is 0 Å². The smallest absolute Gasteiger partial charge is 0.250 e. The maximum atomic E-state index is 12.1. The number of aryl methyl sites for hydroxylation is 1. The average molecular weight is 414 g/mol. The van der Waals surface area contributed by atoms with Crippen molar-refractivity contribution in [2.75, 3.05) is 5.75 Å². The van der Waals surface area contributed by atoms with Gasteiger partial charge in [0.15, 0.2) is 11.0 Å². The third kappa shape index (κ3) is 4.99. The van der Waals surface area contributed by atoms with Crippen LogP contribution in [-0.4, -0.2) is 32.1 Å². The summed E-state index contributed by atoms with van der Waals surface area (Å²) in [6, 6.07) is 15.4. The van der Waals surface area contributed by atoms with Crippen molar-refractivity contribution in [3.8, 4) is 11.4 Å². The van der Waals surface area contributed by atoms with Gasteiger partial charge in [-0.05, 0) is 43.7 Å². The number of halogens is 1. The summed E-state index contributed by atoms with van der Waals surface area (Å²) in [5.41, 5.74) is 6.40. The Morgan fingerprint density at radius 3 is 2.50 bits per heavy atom. The van der Waals surface area contributed by atoms with Crippen molar-refractivity contribution in [2.24, 2.45) is 12.1 Å². The second kappa shape index (κ2) is 9.03. The number of carbonyl (C=O) groups is 1. The lowest BCUT2D eigenvalue weighted by Gasteiger charge is -2.05. The SMILES string of the molecule is C/C(=N/NC(=O)CSc1nnc(-c2ccc(Cl)cc2)n1C)c1ccc(C)cc1. The Kier molecular flexibility index (Phi) is 6.49. The lowest BCUT2D eigenvalue weighted by Crippen LogP contribution is -2.21. The molecule has 0 bridgehead atoms. The Morgan fingerprint density at radius 2 is 1.82 bits per heavy atom. The number of rotatable bonds is 6. The minimum absolute atomic E-state index is 0.192. The zero-order valence-electron chi connectivity index (χ0n) is 15.8. The van der Waals surface area contributed by atoms with Crippen LogP contribution >= 0.6 is 23.4 Å². The first-order chi connectivity index (χ1) is 13.4. The van der Waals surface area contributed by atoms with Crippen LogP contribution in [0, 0.1) is 6.92 Å². The van der Waals surface area contributed by atoms with Crippen molar-refractivity contribution in [1.82, 2.24) is 20.2 Å². The molecule has 2 aromatic carbocycles. The minimum Gasteiger partial charge on any atom is -0.305 e. The molecular formula is C20H20ClN5OS. The summed E-state index contributed by atoms with van der Waals surface area (Å²) in [6.45, 7) is 3.89. The fourth-order valence-electron chi connectivity index (χ4n) is 2.46. The first-order valence-corrected chi connectivity index (χ1v) is 9.98. The Labute approximate surface area is 173 Å². The normalized spacial score (nSPS) is 11.5. The van der Waals surface area contributed by atoms with E-state index in [1.807, 2.05) is 61.9 Å². The highest BCUT2D eigenvalue weighted by Gasteiger charge is 2.13. The third-order valence-electron chi connectivity index (χ3n) is 4.09. The van der Waals surface area contributed by atoms with Gasteiger partial charge in [-0.3, -0.25) is 4.79 Å². The molecule has 0 aliphatic rings. The Morgan fingerprint density at radius 1 is 1.14 bits per heavy atom. The molecule has 0 aliphatic carbocycles. The Balaban J connectivity index is 1.58. The summed E-state index contributed by atoms with van der Waals surface area (Å²) in [6.07, 6.45) is 0. The Bertz CT molecular complexity index is 996. The van der Waals surface area contributed by atoms with Crippen LogP contribution in [0.15, 0.2) is 58.8 Å². The van der Waals surface area contributed by atoms with Gasteiger partial charge in [-0.25, -0.2) is 5.43 Å². The van der Waals surface area contributed by atoms with Crippen LogP contribution in [0.4, 0.5) is 0 Å². The van der Waals surface area contributed by atoms with Crippen molar-refractivity contribution in [3.05, 3.63) is 64.7 Å². The van der Waals surface area contributed by atoms with E-state index in [2.05, 4.69) is 20.7 Å². The first-order valence-electron chi connectivity index (χ1n) is 8.62. The molecule has 0 unspecified atom stereocenters. The van der Waals surface area contributed by atoms with E-state index in [-0.39, 0.29) is 11.7 Å². The molecule has 28 heavy (non-hydrogen) atoms. The molecule has 3 aromatic rings. The van der Waals surface area contributed by atoms with Crippen LogP contribution in [0.25, 0.3) is 11.4 Å². The molecule has 1 aromatic heterocycles. The molecule has 1 heterocycles. The van der Waals surface area contributed by atoms with Gasteiger partial charge in [0, 0.05) is 17.6 Å². The molecule has 144 valence electrons. The van der Waals surface area contributed by atoms with Crippen molar-refractivity contribution in [3.63, 3.8) is 0 Å². The van der Waals surface area contributed by atoms with Crippen molar-refractivity contribution >= 4 is 35.0 Å². The van der Waals surface area contributed by atoms with E-state index in [1.165, 1.54) is 17.3 Å². The number of thioether (sulfide) groups is 1. The topological polar surface area (TPSA) is 72.2 Å². The third-order valence-corrected chi connectivity index (χ3v) is 5.36. The Hall–Kier alpha value is -2.64. The lowest BCUT2D eigenvalue weighted by atomic mass is 10.1. The van der Waals surface area contributed by atoms with Gasteiger partial charge in [-0.1, -0.05) is 53.2 Å². The van der Waals surface area contributed by atoms with Crippen molar-refractivity contribution in [2.45, 2.75) is 19.0 Å². The van der Waals surface area contributed by atoms with E-state index in [4.69, 9.17) is 11.6 Å². The molecule has 8 heteroatoms. The van der Waals surface area contributed by atoms with E-state index in [0.29, 0.717) is 16.0 Å². The summed E-state index contributed by atoms with van der Waals surface area (Å²) in [5.74, 6) is 0.706. The molecule has 0 aliphatic heterocycles. The average Bonchev–Trinajstić information content (AvgIpc) is 3.06.